The van der Waals surface area contributed by atoms with Crippen LogP contribution in [0.4, 0.5) is 11.4 Å². The smallest absolute Gasteiger partial charge is 0.124 e. The van der Waals surface area contributed by atoms with Gasteiger partial charge in [-0.3, -0.25) is 14.6 Å². The maximum absolute atomic E-state index is 5.43. The van der Waals surface area contributed by atoms with E-state index in [0.29, 0.717) is 0 Å². The standard InChI is InChI=1S/C22H23N5O2.C8H11N/c1-5-27(17-8-18(28-3)11-19(9-17)29-4)16-6-7-20-21(10-16)25-22(13-23-20)15-12-24-26(2)14-15;1-3-8-7(2)5-4-6-9-8/h6-14H,5H2,1-4H3;4-6H,3H2,1-2H3. The molecule has 5 rings (SSSR count). The van der Waals surface area contributed by atoms with Crippen LogP contribution in [0.25, 0.3) is 22.3 Å². The molecule has 0 aliphatic heterocycles. The van der Waals surface area contributed by atoms with Crippen LogP contribution in [0.3, 0.4) is 0 Å². The lowest BCUT2D eigenvalue weighted by Gasteiger charge is -2.24. The molecule has 0 N–H and O–H groups in total. The van der Waals surface area contributed by atoms with Gasteiger partial charge in [0.05, 0.1) is 43.3 Å². The average Bonchev–Trinajstić information content (AvgIpc) is 3.39. The summed E-state index contributed by atoms with van der Waals surface area (Å²) in [5, 5.41) is 4.22. The lowest BCUT2D eigenvalue weighted by atomic mass is 10.2. The molecule has 0 aliphatic carbocycles. The van der Waals surface area contributed by atoms with Crippen LogP contribution in [0.1, 0.15) is 25.1 Å². The second kappa shape index (κ2) is 12.2. The van der Waals surface area contributed by atoms with Crippen LogP contribution in [-0.4, -0.2) is 45.5 Å². The second-order valence-electron chi connectivity index (χ2n) is 8.77. The van der Waals surface area contributed by atoms with E-state index in [1.807, 2.05) is 49.8 Å². The molecule has 0 amide bonds. The van der Waals surface area contributed by atoms with E-state index in [0.717, 1.165) is 58.1 Å². The summed E-state index contributed by atoms with van der Waals surface area (Å²) in [6, 6.07) is 16.0. The highest BCUT2D eigenvalue weighted by Gasteiger charge is 2.13. The molecular weight excluding hydrogens is 476 g/mol. The Morgan fingerprint density at radius 2 is 1.63 bits per heavy atom. The van der Waals surface area contributed by atoms with Crippen LogP contribution in [0.15, 0.2) is 73.3 Å². The first-order valence-electron chi connectivity index (χ1n) is 12.6. The van der Waals surface area contributed by atoms with Crippen molar-refractivity contribution >= 4 is 22.4 Å². The van der Waals surface area contributed by atoms with Crippen molar-refractivity contribution < 1.29 is 9.47 Å². The van der Waals surface area contributed by atoms with E-state index in [-0.39, 0.29) is 0 Å². The minimum Gasteiger partial charge on any atom is -0.497 e. The Balaban J connectivity index is 0.000000317. The number of methoxy groups -OCH3 is 2. The molecule has 38 heavy (non-hydrogen) atoms. The number of ether oxygens (including phenoxy) is 2. The summed E-state index contributed by atoms with van der Waals surface area (Å²) in [5.74, 6) is 1.49. The molecule has 3 aromatic heterocycles. The van der Waals surface area contributed by atoms with Gasteiger partial charge in [0.15, 0.2) is 0 Å². The fourth-order valence-electron chi connectivity index (χ4n) is 4.21. The van der Waals surface area contributed by atoms with E-state index in [2.05, 4.69) is 58.9 Å². The third-order valence-corrected chi connectivity index (χ3v) is 6.25. The minimum atomic E-state index is 0.747. The van der Waals surface area contributed by atoms with E-state index in [1.54, 1.807) is 31.3 Å². The van der Waals surface area contributed by atoms with Gasteiger partial charge in [-0.15, -0.1) is 0 Å². The zero-order valence-electron chi connectivity index (χ0n) is 22.8. The number of nitrogens with zero attached hydrogens (tertiary/aromatic N) is 6. The number of aromatic nitrogens is 5. The Bertz CT molecular complexity index is 1490. The maximum atomic E-state index is 5.43. The molecule has 0 atom stereocenters. The van der Waals surface area contributed by atoms with E-state index >= 15 is 0 Å². The summed E-state index contributed by atoms with van der Waals surface area (Å²) in [6.45, 7) is 7.09. The second-order valence-corrected chi connectivity index (χ2v) is 8.77. The predicted molar refractivity (Wildman–Crippen MR) is 152 cm³/mol. The van der Waals surface area contributed by atoms with Gasteiger partial charge in [-0.25, -0.2) is 4.98 Å². The zero-order chi connectivity index (χ0) is 27.1. The van der Waals surface area contributed by atoms with Crippen LogP contribution < -0.4 is 14.4 Å². The summed E-state index contributed by atoms with van der Waals surface area (Å²) >= 11 is 0. The minimum absolute atomic E-state index is 0.747. The highest BCUT2D eigenvalue weighted by Crippen LogP contribution is 2.33. The number of anilines is 2. The lowest BCUT2D eigenvalue weighted by Crippen LogP contribution is -2.16. The van der Waals surface area contributed by atoms with Crippen LogP contribution >= 0.6 is 0 Å². The molecular formula is C30H34N6O2. The molecule has 196 valence electrons. The number of hydrogen-bond donors (Lipinski definition) is 0. The van der Waals surface area contributed by atoms with E-state index in [4.69, 9.17) is 14.5 Å². The number of fused-ring (bicyclic) bond motifs is 1. The zero-order valence-corrected chi connectivity index (χ0v) is 22.8. The van der Waals surface area contributed by atoms with Gasteiger partial charge in [-0.2, -0.15) is 5.10 Å². The summed E-state index contributed by atoms with van der Waals surface area (Å²) in [7, 11) is 5.19. The summed E-state index contributed by atoms with van der Waals surface area (Å²) < 4.78 is 12.6. The number of rotatable bonds is 7. The average molecular weight is 511 g/mol. The number of benzene rings is 2. The van der Waals surface area contributed by atoms with E-state index in [9.17, 15) is 0 Å². The van der Waals surface area contributed by atoms with Gasteiger partial charge in [0, 0.05) is 66.8 Å². The van der Waals surface area contributed by atoms with Gasteiger partial charge in [0.2, 0.25) is 0 Å². The summed E-state index contributed by atoms with van der Waals surface area (Å²) in [4.78, 5) is 15.7. The molecule has 0 saturated carbocycles. The van der Waals surface area contributed by atoms with Crippen LogP contribution in [0.2, 0.25) is 0 Å². The van der Waals surface area contributed by atoms with Gasteiger partial charge in [-0.1, -0.05) is 13.0 Å². The first-order valence-corrected chi connectivity index (χ1v) is 12.6. The van der Waals surface area contributed by atoms with Gasteiger partial charge < -0.3 is 14.4 Å². The molecule has 2 aromatic carbocycles. The third-order valence-electron chi connectivity index (χ3n) is 6.25. The molecule has 0 unspecified atom stereocenters. The van der Waals surface area contributed by atoms with Crippen molar-refractivity contribution in [1.82, 2.24) is 24.7 Å². The van der Waals surface area contributed by atoms with Gasteiger partial charge in [0.25, 0.3) is 0 Å². The Labute approximate surface area is 223 Å². The maximum Gasteiger partial charge on any atom is 0.124 e. The highest BCUT2D eigenvalue weighted by molar-refractivity contribution is 5.82. The molecule has 8 nitrogen and oxygen atoms in total. The Morgan fingerprint density at radius 3 is 2.21 bits per heavy atom. The SMILES string of the molecule is CCN(c1cc(OC)cc(OC)c1)c1ccc2ncc(-c3cnn(C)c3)nc2c1.CCc1ncccc1C. The highest BCUT2D eigenvalue weighted by atomic mass is 16.5. The molecule has 0 spiro atoms. The number of pyridine rings is 1. The number of hydrogen-bond acceptors (Lipinski definition) is 7. The van der Waals surface area contributed by atoms with E-state index < -0.39 is 0 Å². The van der Waals surface area contributed by atoms with Crippen molar-refractivity contribution in [2.24, 2.45) is 7.05 Å². The first-order chi connectivity index (χ1) is 18.4. The van der Waals surface area contributed by atoms with Crippen molar-refractivity contribution in [3.05, 3.63) is 84.6 Å². The van der Waals surface area contributed by atoms with Crippen molar-refractivity contribution in [2.45, 2.75) is 27.2 Å². The summed E-state index contributed by atoms with van der Waals surface area (Å²) in [5.41, 5.74) is 7.92. The molecule has 8 heteroatoms. The molecule has 0 aliphatic rings. The first kappa shape index (κ1) is 26.6. The fraction of sp³-hybridized carbons (Fsp3) is 0.267. The van der Waals surface area contributed by atoms with Crippen LogP contribution in [0, 0.1) is 6.92 Å². The Kier molecular flexibility index (Phi) is 8.53. The van der Waals surface area contributed by atoms with Crippen LogP contribution in [-0.2, 0) is 13.5 Å². The van der Waals surface area contributed by atoms with Crippen molar-refractivity contribution in [3.8, 4) is 22.8 Å². The van der Waals surface area contributed by atoms with Gasteiger partial charge in [-0.05, 0) is 50.1 Å². The Morgan fingerprint density at radius 1 is 0.868 bits per heavy atom. The molecule has 0 radical (unpaired) electrons. The largest absolute Gasteiger partial charge is 0.497 e. The quantitative estimate of drug-likeness (QED) is 0.260. The van der Waals surface area contributed by atoms with Crippen molar-refractivity contribution in [3.63, 3.8) is 0 Å². The van der Waals surface area contributed by atoms with Gasteiger partial charge >= 0.3 is 0 Å². The normalized spacial score (nSPS) is 10.6. The monoisotopic (exact) mass is 510 g/mol. The van der Waals surface area contributed by atoms with Crippen LogP contribution in [0.5, 0.6) is 11.5 Å². The van der Waals surface area contributed by atoms with Crippen molar-refractivity contribution in [2.75, 3.05) is 25.7 Å². The Hall–Kier alpha value is -4.46. The molecule has 0 saturated heterocycles. The predicted octanol–water partition coefficient (Wildman–Crippen LogP) is 6.16. The number of aryl methyl sites for hydroxylation is 3. The van der Waals surface area contributed by atoms with Gasteiger partial charge in [0.1, 0.15) is 11.5 Å². The molecule has 5 aromatic rings. The fourth-order valence-corrected chi connectivity index (χ4v) is 4.21. The molecule has 0 fully saturated rings. The topological polar surface area (TPSA) is 78.2 Å². The van der Waals surface area contributed by atoms with Crippen molar-refractivity contribution in [1.29, 1.82) is 0 Å². The third kappa shape index (κ3) is 6.08. The molecule has 3 heterocycles. The van der Waals surface area contributed by atoms with E-state index in [1.165, 1.54) is 11.3 Å². The molecule has 0 bridgehead atoms. The lowest BCUT2D eigenvalue weighted by molar-refractivity contribution is 0.394. The summed E-state index contributed by atoms with van der Waals surface area (Å²) in [6.07, 6.45) is 8.38.